The van der Waals surface area contributed by atoms with E-state index in [0.717, 1.165) is 16.8 Å². The van der Waals surface area contributed by atoms with E-state index in [1.54, 1.807) is 12.4 Å². The highest BCUT2D eigenvalue weighted by atomic mass is 19.1. The number of pyridine rings is 2. The minimum Gasteiger partial charge on any atom is -0.338 e. The molecular formula is C12H9FN4. The van der Waals surface area contributed by atoms with Crippen molar-refractivity contribution in [3.05, 3.63) is 42.5 Å². The molecule has 3 aromatic rings. The summed E-state index contributed by atoms with van der Waals surface area (Å²) in [7, 11) is 0. The van der Waals surface area contributed by atoms with Gasteiger partial charge in [0, 0.05) is 18.0 Å². The Morgan fingerprint density at radius 2 is 2.18 bits per heavy atom. The van der Waals surface area contributed by atoms with Gasteiger partial charge in [0.2, 0.25) is 0 Å². The maximum absolute atomic E-state index is 12.5. The molecular weight excluding hydrogens is 219 g/mol. The van der Waals surface area contributed by atoms with Gasteiger partial charge in [-0.1, -0.05) is 6.07 Å². The van der Waals surface area contributed by atoms with Crippen LogP contribution in [0.4, 0.5) is 4.39 Å². The Morgan fingerprint density at radius 3 is 2.94 bits per heavy atom. The lowest BCUT2D eigenvalue weighted by molar-refractivity contribution is 0.469. The summed E-state index contributed by atoms with van der Waals surface area (Å²) < 4.78 is 12.5. The summed E-state index contributed by atoms with van der Waals surface area (Å²) >= 11 is 0. The predicted octanol–water partition coefficient (Wildman–Crippen LogP) is 2.49. The number of H-pyrrole nitrogens is 1. The van der Waals surface area contributed by atoms with E-state index in [4.69, 9.17) is 0 Å². The van der Waals surface area contributed by atoms with Crippen LogP contribution in [0.5, 0.6) is 0 Å². The van der Waals surface area contributed by atoms with Gasteiger partial charge in [-0.15, -0.1) is 0 Å². The third-order valence-corrected chi connectivity index (χ3v) is 2.47. The summed E-state index contributed by atoms with van der Waals surface area (Å²) in [5.41, 5.74) is 2.96. The molecule has 0 aliphatic rings. The molecule has 17 heavy (non-hydrogen) atoms. The maximum Gasteiger partial charge on any atom is 0.177 e. The molecule has 1 N–H and O–H groups in total. The van der Waals surface area contributed by atoms with Crippen LogP contribution in [-0.4, -0.2) is 19.9 Å². The van der Waals surface area contributed by atoms with Crippen LogP contribution in [0.15, 0.2) is 36.7 Å². The molecule has 3 rings (SSSR count). The van der Waals surface area contributed by atoms with E-state index < -0.39 is 6.67 Å². The molecule has 0 spiro atoms. The largest absolute Gasteiger partial charge is 0.338 e. The molecule has 84 valence electrons. The second kappa shape index (κ2) is 3.93. The third-order valence-electron chi connectivity index (χ3n) is 2.47. The topological polar surface area (TPSA) is 54.5 Å². The molecule has 0 radical (unpaired) electrons. The zero-order chi connectivity index (χ0) is 11.7. The van der Waals surface area contributed by atoms with Gasteiger partial charge in [-0.2, -0.15) is 0 Å². The number of fused-ring (bicyclic) bond motifs is 1. The smallest absolute Gasteiger partial charge is 0.177 e. The van der Waals surface area contributed by atoms with Crippen LogP contribution < -0.4 is 0 Å². The zero-order valence-electron chi connectivity index (χ0n) is 8.89. The highest BCUT2D eigenvalue weighted by molar-refractivity contribution is 5.76. The van der Waals surface area contributed by atoms with Crippen molar-refractivity contribution in [1.82, 2.24) is 19.9 Å². The van der Waals surface area contributed by atoms with Gasteiger partial charge in [-0.05, 0) is 18.2 Å². The quantitative estimate of drug-likeness (QED) is 0.733. The number of nitrogens with zero attached hydrogens (tertiary/aromatic N) is 3. The van der Waals surface area contributed by atoms with E-state index in [-0.39, 0.29) is 0 Å². The number of hydrogen-bond acceptors (Lipinski definition) is 3. The lowest BCUT2D eigenvalue weighted by Gasteiger charge is -1.98. The molecule has 0 fully saturated rings. The van der Waals surface area contributed by atoms with Crippen LogP contribution >= 0.6 is 0 Å². The van der Waals surface area contributed by atoms with Crippen LogP contribution in [0.25, 0.3) is 22.4 Å². The number of aromatic nitrogens is 4. The summed E-state index contributed by atoms with van der Waals surface area (Å²) in [6.45, 7) is -0.616. The first-order valence-electron chi connectivity index (χ1n) is 5.19. The van der Waals surface area contributed by atoms with Crippen LogP contribution in [0.1, 0.15) is 5.82 Å². The molecule has 0 aliphatic carbocycles. The monoisotopic (exact) mass is 228 g/mol. The normalized spacial score (nSPS) is 10.9. The standard InChI is InChI=1S/C12H9FN4/c13-6-11-16-10-5-8(7-15-12(10)17-11)9-3-1-2-4-14-9/h1-5,7H,6H2,(H,15,16,17). The maximum atomic E-state index is 12.5. The Kier molecular flexibility index (Phi) is 2.29. The lowest BCUT2D eigenvalue weighted by atomic mass is 10.2. The number of imidazole rings is 1. The number of halogens is 1. The number of rotatable bonds is 2. The Labute approximate surface area is 96.6 Å². The second-order valence-electron chi connectivity index (χ2n) is 3.63. The van der Waals surface area contributed by atoms with E-state index in [1.807, 2.05) is 24.3 Å². The Bertz CT molecular complexity index is 648. The Balaban J connectivity index is 2.13. The van der Waals surface area contributed by atoms with E-state index in [0.29, 0.717) is 11.5 Å². The molecule has 0 aliphatic heterocycles. The second-order valence-corrected chi connectivity index (χ2v) is 3.63. The van der Waals surface area contributed by atoms with Crippen molar-refractivity contribution in [1.29, 1.82) is 0 Å². The summed E-state index contributed by atoms with van der Waals surface area (Å²) in [4.78, 5) is 15.3. The third kappa shape index (κ3) is 1.75. The van der Waals surface area contributed by atoms with Crippen molar-refractivity contribution < 1.29 is 4.39 Å². The fourth-order valence-corrected chi connectivity index (χ4v) is 1.69. The van der Waals surface area contributed by atoms with E-state index in [1.165, 1.54) is 0 Å². The summed E-state index contributed by atoms with van der Waals surface area (Å²) in [6.07, 6.45) is 3.41. The molecule has 5 heteroatoms. The molecule has 0 unspecified atom stereocenters. The minimum atomic E-state index is -0.616. The molecule has 0 amide bonds. The first-order chi connectivity index (χ1) is 8.36. The minimum absolute atomic E-state index is 0.297. The highest BCUT2D eigenvalue weighted by Crippen LogP contribution is 2.19. The fourth-order valence-electron chi connectivity index (χ4n) is 1.69. The molecule has 0 saturated carbocycles. The number of hydrogen-bond donors (Lipinski definition) is 1. The first kappa shape index (κ1) is 9.89. The van der Waals surface area contributed by atoms with Gasteiger partial charge in [-0.3, -0.25) is 4.98 Å². The Hall–Kier alpha value is -2.30. The van der Waals surface area contributed by atoms with Crippen LogP contribution in [0.2, 0.25) is 0 Å². The van der Waals surface area contributed by atoms with Crippen molar-refractivity contribution in [3.63, 3.8) is 0 Å². The van der Waals surface area contributed by atoms with Gasteiger partial charge >= 0.3 is 0 Å². The average Bonchev–Trinajstić information content (AvgIpc) is 2.81. The van der Waals surface area contributed by atoms with Gasteiger partial charge in [0.15, 0.2) is 5.65 Å². The molecule has 0 atom stereocenters. The molecule has 0 saturated heterocycles. The van der Waals surface area contributed by atoms with E-state index >= 15 is 0 Å². The van der Waals surface area contributed by atoms with Gasteiger partial charge in [0.1, 0.15) is 12.5 Å². The van der Waals surface area contributed by atoms with Gasteiger partial charge in [0.25, 0.3) is 0 Å². The lowest BCUT2D eigenvalue weighted by Crippen LogP contribution is -1.84. The van der Waals surface area contributed by atoms with Crippen molar-refractivity contribution in [3.8, 4) is 11.3 Å². The van der Waals surface area contributed by atoms with E-state index in [9.17, 15) is 4.39 Å². The van der Waals surface area contributed by atoms with Crippen LogP contribution in [0.3, 0.4) is 0 Å². The highest BCUT2D eigenvalue weighted by Gasteiger charge is 2.06. The molecule has 3 aromatic heterocycles. The summed E-state index contributed by atoms with van der Waals surface area (Å²) in [6, 6.07) is 7.53. The summed E-state index contributed by atoms with van der Waals surface area (Å²) in [5.74, 6) is 0.297. The number of alkyl halides is 1. The van der Waals surface area contributed by atoms with Crippen LogP contribution in [0, 0.1) is 0 Å². The fraction of sp³-hybridized carbons (Fsp3) is 0.0833. The van der Waals surface area contributed by atoms with E-state index in [2.05, 4.69) is 19.9 Å². The van der Waals surface area contributed by atoms with Crippen molar-refractivity contribution in [2.45, 2.75) is 6.67 Å². The molecule has 0 bridgehead atoms. The molecule has 3 heterocycles. The predicted molar refractivity (Wildman–Crippen MR) is 61.9 cm³/mol. The van der Waals surface area contributed by atoms with Crippen molar-refractivity contribution in [2.75, 3.05) is 0 Å². The van der Waals surface area contributed by atoms with Gasteiger partial charge in [-0.25, -0.2) is 14.4 Å². The SMILES string of the molecule is FCc1nc2ncc(-c3ccccn3)cc2[nH]1. The first-order valence-corrected chi connectivity index (χ1v) is 5.19. The molecule has 4 nitrogen and oxygen atoms in total. The van der Waals surface area contributed by atoms with Crippen molar-refractivity contribution in [2.24, 2.45) is 0 Å². The van der Waals surface area contributed by atoms with Crippen LogP contribution in [-0.2, 0) is 6.67 Å². The van der Waals surface area contributed by atoms with Gasteiger partial charge in [0.05, 0.1) is 11.2 Å². The average molecular weight is 228 g/mol. The zero-order valence-corrected chi connectivity index (χ0v) is 8.89. The molecule has 0 aromatic carbocycles. The van der Waals surface area contributed by atoms with Gasteiger partial charge < -0.3 is 4.98 Å². The van der Waals surface area contributed by atoms with Crippen molar-refractivity contribution >= 4 is 11.2 Å². The number of aromatic amines is 1. The summed E-state index contributed by atoms with van der Waals surface area (Å²) in [5, 5.41) is 0. The number of nitrogens with one attached hydrogen (secondary N) is 1. The Morgan fingerprint density at radius 1 is 1.24 bits per heavy atom.